The van der Waals surface area contributed by atoms with Gasteiger partial charge in [-0.15, -0.1) is 0 Å². The van der Waals surface area contributed by atoms with Crippen molar-refractivity contribution in [2.45, 2.75) is 186 Å². The summed E-state index contributed by atoms with van der Waals surface area (Å²) in [7, 11) is 10.1. The first-order valence-corrected chi connectivity index (χ1v) is 30.3. The van der Waals surface area contributed by atoms with Gasteiger partial charge in [-0.3, -0.25) is 48.5 Å². The first-order chi connectivity index (χ1) is 33.7. The summed E-state index contributed by atoms with van der Waals surface area (Å²) in [6.45, 7) is 0.234. The Hall–Kier alpha value is -3.37. The Morgan fingerprint density at radius 2 is 0.831 bits per heavy atom. The van der Waals surface area contributed by atoms with Crippen molar-refractivity contribution >= 4 is 130 Å². The van der Waals surface area contributed by atoms with E-state index in [1.54, 1.807) is 64.8 Å². The van der Waals surface area contributed by atoms with Crippen LogP contribution in [0, 0.1) is 11.8 Å². The van der Waals surface area contributed by atoms with E-state index in [4.69, 9.17) is 5.11 Å². The van der Waals surface area contributed by atoms with Crippen LogP contribution in [0.25, 0.3) is 0 Å². The number of aliphatic carboxylic acids is 6. The molecular weight excluding hydrogens is 1050 g/mol. The summed E-state index contributed by atoms with van der Waals surface area (Å²) in [5.41, 5.74) is 0. The minimum Gasteiger partial charge on any atom is -0.481 e. The second kappa shape index (κ2) is 35.7. The number of carbonyl (C=O) groups excluding carboxylic acids is 5. The number of unbranched alkanes of at least 4 members (excludes halogenated alkanes) is 10. The molecular formula is C44H68N4O17S6. The van der Waals surface area contributed by atoms with E-state index in [0.29, 0.717) is 32.1 Å². The van der Waals surface area contributed by atoms with E-state index in [1.807, 2.05) is 0 Å². The lowest BCUT2D eigenvalue weighted by Crippen LogP contribution is -2.41. The van der Waals surface area contributed by atoms with E-state index < -0.39 is 127 Å². The number of nitrogens with one attached hydrogen (secondary N) is 4. The molecule has 3 amide bonds. The van der Waals surface area contributed by atoms with Gasteiger partial charge in [0.15, 0.2) is 2.74 Å². The van der Waals surface area contributed by atoms with Gasteiger partial charge < -0.3 is 46.6 Å². The maximum atomic E-state index is 12.7. The molecule has 21 nitrogen and oxygen atoms in total. The molecule has 0 aromatic carbocycles. The van der Waals surface area contributed by atoms with Gasteiger partial charge >= 0.3 is 35.8 Å². The highest BCUT2D eigenvalue weighted by molar-refractivity contribution is 9.14. The van der Waals surface area contributed by atoms with Gasteiger partial charge in [0.2, 0.25) is 17.7 Å². The number of carboxylic acid groups (broad SMARTS) is 6. The zero-order valence-electron chi connectivity index (χ0n) is 39.5. The lowest BCUT2D eigenvalue weighted by Gasteiger charge is -2.27. The Morgan fingerprint density at radius 1 is 0.408 bits per heavy atom. The molecule has 2 aliphatic rings. The van der Waals surface area contributed by atoms with E-state index in [1.165, 1.54) is 0 Å². The highest BCUT2D eigenvalue weighted by Crippen LogP contribution is 2.84. The molecule has 2 rings (SSSR count). The van der Waals surface area contributed by atoms with Crippen LogP contribution < -0.4 is 21.3 Å². The Kier molecular flexibility index (Phi) is 32.1. The lowest BCUT2D eigenvalue weighted by atomic mass is 9.93. The molecule has 0 aromatic rings. The predicted molar refractivity (Wildman–Crippen MR) is 274 cm³/mol. The SMILES string of the molecule is O=C(O)CCCCCCCCCCCCC(=O)N[C@@H](CCC(=O)C[C@@H](CCC(=O)N[C@@H](CCC(=O)C[C@@H](CCC(=O)NCCCC[C@H](NC1SSC2(SS1)SS2)C(=O)O)C(=O)O)C(=O)O)C(=O)O)C(=O)O. The molecule has 0 aromatic heterocycles. The number of carboxylic acids is 6. The van der Waals surface area contributed by atoms with Gasteiger partial charge in [-0.05, 0) is 101 Å². The van der Waals surface area contributed by atoms with Gasteiger partial charge in [0, 0.05) is 57.9 Å². The average Bonchev–Trinajstić information content (AvgIpc) is 4.07. The number of rotatable bonds is 43. The second-order valence-electron chi connectivity index (χ2n) is 17.3. The first-order valence-electron chi connectivity index (χ1n) is 23.8. The van der Waals surface area contributed by atoms with Crippen LogP contribution in [0.15, 0.2) is 0 Å². The van der Waals surface area contributed by atoms with Crippen molar-refractivity contribution in [3.63, 3.8) is 0 Å². The maximum Gasteiger partial charge on any atom is 0.326 e. The summed E-state index contributed by atoms with van der Waals surface area (Å²) in [5, 5.41) is 67.4. The third-order valence-corrected chi connectivity index (χ3v) is 24.8. The average molecular weight is 1120 g/mol. The summed E-state index contributed by atoms with van der Waals surface area (Å²) >= 11 is 0. The molecule has 2 heterocycles. The molecule has 71 heavy (non-hydrogen) atoms. The molecule has 2 saturated heterocycles. The van der Waals surface area contributed by atoms with Crippen molar-refractivity contribution in [2.75, 3.05) is 6.54 Å². The van der Waals surface area contributed by atoms with Crippen molar-refractivity contribution in [3.05, 3.63) is 0 Å². The van der Waals surface area contributed by atoms with Crippen molar-refractivity contribution in [2.24, 2.45) is 11.8 Å². The normalized spacial score (nSPS) is 16.1. The number of amides is 3. The summed E-state index contributed by atoms with van der Waals surface area (Å²) < 4.78 is 0.00900. The Labute approximate surface area is 436 Å². The molecule has 5 atom stereocenters. The molecule has 0 saturated carbocycles. The smallest absolute Gasteiger partial charge is 0.326 e. The fourth-order valence-corrected chi connectivity index (χ4v) is 20.2. The first kappa shape index (κ1) is 63.7. The summed E-state index contributed by atoms with van der Waals surface area (Å²) in [6, 6.07) is -3.73. The number of Topliss-reactive ketones (excluding diaryl/α,β-unsaturated/α-hetero) is 2. The van der Waals surface area contributed by atoms with Crippen LogP contribution in [0.3, 0.4) is 0 Å². The molecule has 0 radical (unpaired) electrons. The quantitative estimate of drug-likeness (QED) is 0.0172. The molecule has 0 aliphatic carbocycles. The number of carbonyl (C=O) groups is 11. The second-order valence-corrected chi connectivity index (χ2v) is 26.8. The Morgan fingerprint density at radius 3 is 1.25 bits per heavy atom. The zero-order valence-corrected chi connectivity index (χ0v) is 44.4. The van der Waals surface area contributed by atoms with Crippen LogP contribution in [-0.2, 0) is 52.7 Å². The zero-order chi connectivity index (χ0) is 52.8. The summed E-state index contributed by atoms with van der Waals surface area (Å²) in [4.78, 5) is 133. The van der Waals surface area contributed by atoms with Gasteiger partial charge in [-0.1, -0.05) is 73.0 Å². The molecule has 1 spiro atoms. The van der Waals surface area contributed by atoms with E-state index in [0.717, 1.165) is 51.4 Å². The van der Waals surface area contributed by atoms with Gasteiger partial charge in [-0.25, -0.2) is 9.59 Å². The van der Waals surface area contributed by atoms with Crippen molar-refractivity contribution in [1.29, 1.82) is 0 Å². The number of ketones is 2. The van der Waals surface area contributed by atoms with Gasteiger partial charge in [0.1, 0.15) is 34.4 Å². The van der Waals surface area contributed by atoms with Crippen LogP contribution in [0.5, 0.6) is 0 Å². The van der Waals surface area contributed by atoms with E-state index in [2.05, 4.69) is 21.3 Å². The molecule has 402 valence electrons. The fraction of sp³-hybridized carbons (Fsp3) is 0.750. The fourth-order valence-electron chi connectivity index (χ4n) is 7.24. The Bertz CT molecular complexity index is 1800. The number of hydrogen-bond donors (Lipinski definition) is 10. The monoisotopic (exact) mass is 1120 g/mol. The topological polar surface area (TPSA) is 357 Å². The van der Waals surface area contributed by atoms with Crippen LogP contribution in [0.1, 0.15) is 161 Å². The third kappa shape index (κ3) is 29.8. The van der Waals surface area contributed by atoms with Crippen molar-refractivity contribution in [1.82, 2.24) is 21.3 Å². The van der Waals surface area contributed by atoms with Gasteiger partial charge in [0.05, 0.1) is 11.8 Å². The predicted octanol–water partition coefficient (Wildman–Crippen LogP) is 6.73. The standard InChI is InChI=1S/C44H68N4O17S6/c49-29(25-27(38(56)57)16-22-34(51)45-24-12-11-13-31(40(60)61)48-43-66-68-44(69-67-43)70-71-44)19-21-33(42(64)65)47-36(53)23-17-28(39(58)59)26-30(50)18-20-32(41(62)63)46-35(52)14-9-7-5-3-1-2-4-6-8-10-15-37(54)55/h27-28,31-33,43,48H,1-26H2,(H,45,51)(H,46,52)(H,47,53)(H,54,55)(H,56,57)(H,58,59)(H,60,61)(H,62,63)(H,64,65)/t27-,28-,31+,32+,33+/m1/s1. The minimum atomic E-state index is -1.59. The molecule has 10 N–H and O–H groups in total. The molecule has 0 unspecified atom stereocenters. The van der Waals surface area contributed by atoms with Crippen molar-refractivity contribution < 1.29 is 83.4 Å². The van der Waals surface area contributed by atoms with Gasteiger partial charge in [0.25, 0.3) is 0 Å². The molecule has 2 fully saturated rings. The van der Waals surface area contributed by atoms with Crippen LogP contribution in [0.2, 0.25) is 0 Å². The Balaban J connectivity index is 1.66. The highest BCUT2D eigenvalue weighted by Gasteiger charge is 2.52. The third-order valence-electron chi connectivity index (χ3n) is 11.4. The van der Waals surface area contributed by atoms with Crippen LogP contribution in [-0.4, -0.2) is 128 Å². The molecule has 0 bridgehead atoms. The van der Waals surface area contributed by atoms with E-state index in [9.17, 15) is 78.3 Å². The van der Waals surface area contributed by atoms with Crippen molar-refractivity contribution in [3.8, 4) is 0 Å². The van der Waals surface area contributed by atoms with Gasteiger partial charge in [-0.2, -0.15) is 0 Å². The maximum absolute atomic E-state index is 12.7. The lowest BCUT2D eigenvalue weighted by molar-refractivity contribution is -0.145. The summed E-state index contributed by atoms with van der Waals surface area (Å²) in [5.74, 6) is -13.1. The van der Waals surface area contributed by atoms with Crippen LogP contribution in [0.4, 0.5) is 0 Å². The van der Waals surface area contributed by atoms with E-state index in [-0.39, 0.29) is 58.9 Å². The number of hydrogen-bond acceptors (Lipinski definition) is 18. The van der Waals surface area contributed by atoms with E-state index >= 15 is 0 Å². The largest absolute Gasteiger partial charge is 0.481 e. The minimum absolute atomic E-state index is 0.0860. The molecule has 2 aliphatic heterocycles. The molecule has 27 heteroatoms. The van der Waals surface area contributed by atoms with Crippen LogP contribution >= 0.6 is 64.8 Å². The summed E-state index contributed by atoms with van der Waals surface area (Å²) in [6.07, 6.45) is 6.63. The highest BCUT2D eigenvalue weighted by atomic mass is 33.2.